The van der Waals surface area contributed by atoms with Crippen molar-refractivity contribution < 1.29 is 9.32 Å². The Morgan fingerprint density at radius 3 is 3.05 bits per heavy atom. The van der Waals surface area contributed by atoms with Gasteiger partial charge in [-0.25, -0.2) is 0 Å². The van der Waals surface area contributed by atoms with Crippen molar-refractivity contribution in [1.82, 2.24) is 20.3 Å². The number of H-pyrrole nitrogens is 1. The number of aryl methyl sites for hydroxylation is 2. The van der Waals surface area contributed by atoms with E-state index in [0.717, 1.165) is 48.6 Å². The number of hydrogen-bond donors (Lipinski definition) is 1. The molecule has 0 saturated carbocycles. The molecular weight excluding hydrogens is 280 g/mol. The maximum Gasteiger partial charge on any atom is 0.222 e. The van der Waals surface area contributed by atoms with E-state index in [0.29, 0.717) is 18.8 Å². The maximum absolute atomic E-state index is 12.5. The van der Waals surface area contributed by atoms with Crippen LogP contribution in [0.15, 0.2) is 16.8 Å². The van der Waals surface area contributed by atoms with Gasteiger partial charge in [0.1, 0.15) is 5.76 Å². The van der Waals surface area contributed by atoms with Crippen LogP contribution >= 0.6 is 0 Å². The Morgan fingerprint density at radius 1 is 1.50 bits per heavy atom. The van der Waals surface area contributed by atoms with Gasteiger partial charge in [-0.15, -0.1) is 0 Å². The second-order valence-corrected chi connectivity index (χ2v) is 5.99. The van der Waals surface area contributed by atoms with Gasteiger partial charge in [-0.05, 0) is 39.2 Å². The summed E-state index contributed by atoms with van der Waals surface area (Å²) in [7, 11) is 0. The first-order valence-electron chi connectivity index (χ1n) is 7.84. The number of aromatic nitrogens is 3. The number of nitrogens with zero attached hydrogens (tertiary/aromatic N) is 3. The first-order valence-corrected chi connectivity index (χ1v) is 7.84. The Morgan fingerprint density at radius 2 is 2.36 bits per heavy atom. The van der Waals surface area contributed by atoms with Gasteiger partial charge in [-0.2, -0.15) is 5.10 Å². The highest BCUT2D eigenvalue weighted by atomic mass is 16.5. The van der Waals surface area contributed by atoms with Crippen molar-refractivity contribution in [2.75, 3.05) is 13.1 Å². The molecule has 1 amide bonds. The molecule has 2 aromatic rings. The van der Waals surface area contributed by atoms with E-state index in [1.54, 1.807) is 6.20 Å². The van der Waals surface area contributed by atoms with Crippen LogP contribution in [-0.2, 0) is 11.2 Å². The number of carbonyl (C=O) groups excluding carboxylic acids is 1. The van der Waals surface area contributed by atoms with Crippen LogP contribution in [-0.4, -0.2) is 39.3 Å². The molecule has 1 N–H and O–H groups in total. The van der Waals surface area contributed by atoms with E-state index < -0.39 is 0 Å². The summed E-state index contributed by atoms with van der Waals surface area (Å²) in [6, 6.07) is 2.00. The zero-order valence-corrected chi connectivity index (χ0v) is 13.1. The minimum Gasteiger partial charge on any atom is -0.361 e. The largest absolute Gasteiger partial charge is 0.361 e. The third-order valence-corrected chi connectivity index (χ3v) is 4.51. The van der Waals surface area contributed by atoms with E-state index in [4.69, 9.17) is 4.52 Å². The van der Waals surface area contributed by atoms with Crippen LogP contribution < -0.4 is 0 Å². The number of amides is 1. The predicted molar refractivity (Wildman–Crippen MR) is 81.4 cm³/mol. The molecule has 1 aliphatic rings. The monoisotopic (exact) mass is 302 g/mol. The molecule has 1 saturated heterocycles. The molecule has 118 valence electrons. The Hall–Kier alpha value is -2.11. The van der Waals surface area contributed by atoms with Gasteiger partial charge < -0.3 is 9.42 Å². The zero-order chi connectivity index (χ0) is 15.5. The molecule has 2 aromatic heterocycles. The average molecular weight is 302 g/mol. The Bertz CT molecular complexity index is 613. The number of nitrogens with one attached hydrogen (secondary N) is 1. The highest BCUT2D eigenvalue weighted by Crippen LogP contribution is 2.26. The number of piperidine rings is 1. The third kappa shape index (κ3) is 3.05. The van der Waals surface area contributed by atoms with Crippen LogP contribution in [0.3, 0.4) is 0 Å². The predicted octanol–water partition coefficient (Wildman–Crippen LogP) is 2.35. The molecule has 3 heterocycles. The minimum absolute atomic E-state index is 0.212. The van der Waals surface area contributed by atoms with Crippen molar-refractivity contribution >= 4 is 5.91 Å². The molecule has 3 rings (SSSR count). The number of likely N-dealkylation sites (tertiary alicyclic amines) is 1. The van der Waals surface area contributed by atoms with E-state index in [1.807, 2.05) is 24.8 Å². The number of rotatable bonds is 4. The van der Waals surface area contributed by atoms with Gasteiger partial charge in [-0.1, -0.05) is 5.16 Å². The van der Waals surface area contributed by atoms with Crippen LogP contribution in [0.25, 0.3) is 0 Å². The van der Waals surface area contributed by atoms with Gasteiger partial charge >= 0.3 is 0 Å². The first kappa shape index (κ1) is 14.8. The van der Waals surface area contributed by atoms with E-state index in [2.05, 4.69) is 15.4 Å². The summed E-state index contributed by atoms with van der Waals surface area (Å²) in [5, 5.41) is 11.0. The Labute approximate surface area is 129 Å². The van der Waals surface area contributed by atoms with E-state index in [1.165, 1.54) is 0 Å². The lowest BCUT2D eigenvalue weighted by Crippen LogP contribution is -2.39. The molecule has 0 bridgehead atoms. The van der Waals surface area contributed by atoms with E-state index >= 15 is 0 Å². The van der Waals surface area contributed by atoms with Crippen molar-refractivity contribution in [1.29, 1.82) is 0 Å². The lowest BCUT2D eigenvalue weighted by atomic mass is 9.94. The van der Waals surface area contributed by atoms with Gasteiger partial charge in [0, 0.05) is 42.9 Å². The van der Waals surface area contributed by atoms with Gasteiger partial charge in [0.2, 0.25) is 5.91 Å². The summed E-state index contributed by atoms with van der Waals surface area (Å²) in [6.45, 7) is 5.45. The number of carbonyl (C=O) groups is 1. The minimum atomic E-state index is 0.212. The summed E-state index contributed by atoms with van der Waals surface area (Å²) in [6.07, 6.45) is 5.13. The molecule has 6 heteroatoms. The SMILES string of the molecule is Cc1noc(C)c1CCC(=O)N1CCC[C@H](c2ccn[nH]2)C1. The molecule has 0 spiro atoms. The second kappa shape index (κ2) is 6.34. The summed E-state index contributed by atoms with van der Waals surface area (Å²) in [5.74, 6) is 1.41. The smallest absolute Gasteiger partial charge is 0.222 e. The molecular formula is C16H22N4O2. The molecule has 0 unspecified atom stereocenters. The first-order chi connectivity index (χ1) is 10.6. The van der Waals surface area contributed by atoms with Crippen molar-refractivity contribution in [3.8, 4) is 0 Å². The number of hydrogen-bond acceptors (Lipinski definition) is 4. The van der Waals surface area contributed by atoms with Crippen LogP contribution in [0.4, 0.5) is 0 Å². The topological polar surface area (TPSA) is 75.0 Å². The lowest BCUT2D eigenvalue weighted by Gasteiger charge is -2.32. The Balaban J connectivity index is 1.58. The summed E-state index contributed by atoms with van der Waals surface area (Å²) in [5.41, 5.74) is 3.08. The standard InChI is InChI=1S/C16H22N4O2/c1-11-14(12(2)22-19-11)5-6-16(21)20-9-3-4-13(10-20)15-7-8-17-18-15/h7-8,13H,3-6,9-10H2,1-2H3,(H,17,18)/t13-/m0/s1. The average Bonchev–Trinajstić information content (AvgIpc) is 3.16. The van der Waals surface area contributed by atoms with E-state index in [-0.39, 0.29) is 5.91 Å². The molecule has 1 atom stereocenters. The quantitative estimate of drug-likeness (QED) is 0.940. The molecule has 0 aliphatic carbocycles. The van der Waals surface area contributed by atoms with Crippen molar-refractivity contribution in [2.45, 2.75) is 45.4 Å². The van der Waals surface area contributed by atoms with Gasteiger partial charge in [0.25, 0.3) is 0 Å². The third-order valence-electron chi connectivity index (χ3n) is 4.51. The van der Waals surface area contributed by atoms with E-state index in [9.17, 15) is 4.79 Å². The van der Waals surface area contributed by atoms with Gasteiger partial charge in [0.15, 0.2) is 0 Å². The molecule has 22 heavy (non-hydrogen) atoms. The maximum atomic E-state index is 12.5. The van der Waals surface area contributed by atoms with Crippen molar-refractivity contribution in [3.63, 3.8) is 0 Å². The van der Waals surface area contributed by atoms with Crippen LogP contribution in [0, 0.1) is 13.8 Å². The fourth-order valence-corrected chi connectivity index (χ4v) is 3.20. The van der Waals surface area contributed by atoms with Crippen molar-refractivity contribution in [3.05, 3.63) is 35.0 Å². The number of aromatic amines is 1. The zero-order valence-electron chi connectivity index (χ0n) is 13.1. The van der Waals surface area contributed by atoms with Crippen LogP contribution in [0.5, 0.6) is 0 Å². The fraction of sp³-hybridized carbons (Fsp3) is 0.562. The summed E-state index contributed by atoms with van der Waals surface area (Å²) >= 11 is 0. The molecule has 0 radical (unpaired) electrons. The lowest BCUT2D eigenvalue weighted by molar-refractivity contribution is -0.132. The van der Waals surface area contributed by atoms with Crippen LogP contribution in [0.1, 0.15) is 47.9 Å². The van der Waals surface area contributed by atoms with Gasteiger partial charge in [0.05, 0.1) is 5.69 Å². The highest BCUT2D eigenvalue weighted by molar-refractivity contribution is 5.76. The Kier molecular flexibility index (Phi) is 4.27. The highest BCUT2D eigenvalue weighted by Gasteiger charge is 2.25. The second-order valence-electron chi connectivity index (χ2n) is 5.99. The molecule has 0 aromatic carbocycles. The molecule has 1 aliphatic heterocycles. The van der Waals surface area contributed by atoms with Crippen LogP contribution in [0.2, 0.25) is 0 Å². The van der Waals surface area contributed by atoms with Crippen molar-refractivity contribution in [2.24, 2.45) is 0 Å². The summed E-state index contributed by atoms with van der Waals surface area (Å²) < 4.78 is 5.15. The molecule has 1 fully saturated rings. The normalized spacial score (nSPS) is 18.6. The molecule has 6 nitrogen and oxygen atoms in total. The van der Waals surface area contributed by atoms with Gasteiger partial charge in [-0.3, -0.25) is 9.89 Å². The fourth-order valence-electron chi connectivity index (χ4n) is 3.20. The summed E-state index contributed by atoms with van der Waals surface area (Å²) in [4.78, 5) is 14.5.